The molecule has 0 saturated heterocycles. The van der Waals surface area contributed by atoms with Gasteiger partial charge in [0.2, 0.25) is 0 Å². The van der Waals surface area contributed by atoms with E-state index in [4.69, 9.17) is 4.74 Å². The van der Waals surface area contributed by atoms with Crippen LogP contribution in [0.4, 0.5) is 0 Å². The van der Waals surface area contributed by atoms with Crippen LogP contribution >= 0.6 is 15.9 Å². The Hall–Kier alpha value is -2.66. The molecule has 4 aromatic rings. The second-order valence-electron chi connectivity index (χ2n) is 5.09. The maximum atomic E-state index is 12.2. The SMILES string of the molecule is O=c1[nH]c2nccc(Oc3ccc(Br)cc3)c2c2ccccc12. The molecule has 0 aliphatic rings. The van der Waals surface area contributed by atoms with Crippen LogP contribution in [0.1, 0.15) is 0 Å². The van der Waals surface area contributed by atoms with E-state index in [1.807, 2.05) is 42.5 Å². The molecule has 0 spiro atoms. The van der Waals surface area contributed by atoms with Crippen molar-refractivity contribution < 1.29 is 4.74 Å². The van der Waals surface area contributed by atoms with Crippen molar-refractivity contribution in [1.82, 2.24) is 9.97 Å². The van der Waals surface area contributed by atoms with E-state index in [9.17, 15) is 4.79 Å². The number of halogens is 1. The Bertz CT molecular complexity index is 1070. The van der Waals surface area contributed by atoms with Crippen LogP contribution in [0.25, 0.3) is 21.8 Å². The number of ether oxygens (including phenoxy) is 1. The number of benzene rings is 2. The highest BCUT2D eigenvalue weighted by Gasteiger charge is 2.11. The lowest BCUT2D eigenvalue weighted by atomic mass is 10.1. The molecule has 2 heterocycles. The highest BCUT2D eigenvalue weighted by Crippen LogP contribution is 2.32. The number of aromatic nitrogens is 2. The molecule has 0 fully saturated rings. The topological polar surface area (TPSA) is 55.0 Å². The van der Waals surface area contributed by atoms with Crippen molar-refractivity contribution in [2.45, 2.75) is 0 Å². The molecule has 0 radical (unpaired) electrons. The highest BCUT2D eigenvalue weighted by atomic mass is 79.9. The Morgan fingerprint density at radius 3 is 2.48 bits per heavy atom. The van der Waals surface area contributed by atoms with Gasteiger partial charge in [-0.1, -0.05) is 34.1 Å². The average molecular weight is 367 g/mol. The van der Waals surface area contributed by atoms with E-state index >= 15 is 0 Å². The van der Waals surface area contributed by atoms with Crippen molar-refractivity contribution in [3.63, 3.8) is 0 Å². The van der Waals surface area contributed by atoms with Crippen molar-refractivity contribution in [2.75, 3.05) is 0 Å². The number of H-pyrrole nitrogens is 1. The average Bonchev–Trinajstić information content (AvgIpc) is 2.57. The van der Waals surface area contributed by atoms with Gasteiger partial charge in [0.15, 0.2) is 0 Å². The van der Waals surface area contributed by atoms with Crippen molar-refractivity contribution in [3.8, 4) is 11.5 Å². The lowest BCUT2D eigenvalue weighted by molar-refractivity contribution is 0.488. The van der Waals surface area contributed by atoms with Gasteiger partial charge in [-0.15, -0.1) is 0 Å². The predicted octanol–water partition coefficient (Wildman–Crippen LogP) is 4.63. The van der Waals surface area contributed by atoms with Crippen molar-refractivity contribution in [1.29, 1.82) is 0 Å². The van der Waals surface area contributed by atoms with E-state index in [0.717, 1.165) is 21.0 Å². The summed E-state index contributed by atoms with van der Waals surface area (Å²) in [5.74, 6) is 1.38. The predicted molar refractivity (Wildman–Crippen MR) is 94.1 cm³/mol. The molecule has 0 unspecified atom stereocenters. The largest absolute Gasteiger partial charge is 0.457 e. The van der Waals surface area contributed by atoms with Crippen molar-refractivity contribution in [3.05, 3.63) is 75.6 Å². The lowest BCUT2D eigenvalue weighted by Crippen LogP contribution is -2.07. The van der Waals surface area contributed by atoms with Gasteiger partial charge in [-0.3, -0.25) is 4.79 Å². The fourth-order valence-electron chi connectivity index (χ4n) is 2.59. The number of nitrogens with one attached hydrogen (secondary N) is 1. The zero-order chi connectivity index (χ0) is 15.8. The summed E-state index contributed by atoms with van der Waals surface area (Å²) < 4.78 is 7.00. The fourth-order valence-corrected chi connectivity index (χ4v) is 2.85. The van der Waals surface area contributed by atoms with Gasteiger partial charge in [-0.05, 0) is 36.4 Å². The molecule has 4 nitrogen and oxygen atoms in total. The number of pyridine rings is 2. The molecule has 112 valence electrons. The molecule has 4 rings (SSSR count). The second-order valence-corrected chi connectivity index (χ2v) is 6.00. The molecule has 1 N–H and O–H groups in total. The number of hydrogen-bond donors (Lipinski definition) is 1. The first kappa shape index (κ1) is 14.0. The standard InChI is InChI=1S/C18H11BrN2O2/c19-11-5-7-12(8-6-11)23-15-9-10-20-17-16(15)13-3-1-2-4-14(13)18(22)21-17/h1-10H,(H,20,21,22). The minimum absolute atomic E-state index is 0.151. The number of nitrogens with zero attached hydrogens (tertiary/aromatic N) is 1. The first-order valence-corrected chi connectivity index (χ1v) is 7.85. The summed E-state index contributed by atoms with van der Waals surface area (Å²) in [6, 6.07) is 16.8. The first-order chi connectivity index (χ1) is 11.2. The normalized spacial score (nSPS) is 11.0. The van der Waals surface area contributed by atoms with Crippen LogP contribution in [0.15, 0.2) is 70.1 Å². The minimum Gasteiger partial charge on any atom is -0.457 e. The maximum absolute atomic E-state index is 12.2. The molecule has 0 saturated carbocycles. The summed E-state index contributed by atoms with van der Waals surface area (Å²) in [6.07, 6.45) is 1.63. The van der Waals surface area contributed by atoms with E-state index < -0.39 is 0 Å². The molecule has 2 aromatic carbocycles. The molecular weight excluding hydrogens is 356 g/mol. The zero-order valence-electron chi connectivity index (χ0n) is 11.9. The summed E-state index contributed by atoms with van der Waals surface area (Å²) in [6.45, 7) is 0. The highest BCUT2D eigenvalue weighted by molar-refractivity contribution is 9.10. The lowest BCUT2D eigenvalue weighted by Gasteiger charge is -2.10. The molecule has 2 aromatic heterocycles. The van der Waals surface area contributed by atoms with Crippen LogP contribution in [-0.4, -0.2) is 9.97 Å². The molecule has 0 aliphatic carbocycles. The Morgan fingerprint density at radius 1 is 0.957 bits per heavy atom. The Morgan fingerprint density at radius 2 is 1.70 bits per heavy atom. The van der Waals surface area contributed by atoms with Crippen LogP contribution < -0.4 is 10.3 Å². The Balaban J connectivity index is 1.98. The monoisotopic (exact) mass is 366 g/mol. The quantitative estimate of drug-likeness (QED) is 0.526. The van der Waals surface area contributed by atoms with Gasteiger partial charge in [0, 0.05) is 21.4 Å². The Labute approximate surface area is 139 Å². The van der Waals surface area contributed by atoms with Gasteiger partial charge in [0.25, 0.3) is 5.56 Å². The van der Waals surface area contributed by atoms with Crippen LogP contribution in [0.3, 0.4) is 0 Å². The van der Waals surface area contributed by atoms with Crippen molar-refractivity contribution in [2.24, 2.45) is 0 Å². The van der Waals surface area contributed by atoms with Gasteiger partial charge < -0.3 is 9.72 Å². The summed E-state index contributed by atoms with van der Waals surface area (Å²) >= 11 is 3.41. The van der Waals surface area contributed by atoms with Gasteiger partial charge in [-0.25, -0.2) is 4.98 Å². The van der Waals surface area contributed by atoms with Crippen molar-refractivity contribution >= 4 is 37.7 Å². The molecule has 23 heavy (non-hydrogen) atoms. The molecule has 0 amide bonds. The third-order valence-electron chi connectivity index (χ3n) is 3.63. The van der Waals surface area contributed by atoms with Gasteiger partial charge in [0.1, 0.15) is 17.1 Å². The van der Waals surface area contributed by atoms with Gasteiger partial charge in [0.05, 0.1) is 5.39 Å². The molecule has 0 aliphatic heterocycles. The van der Waals surface area contributed by atoms with Gasteiger partial charge in [-0.2, -0.15) is 0 Å². The molecule has 0 bridgehead atoms. The van der Waals surface area contributed by atoms with E-state index in [-0.39, 0.29) is 5.56 Å². The molecular formula is C18H11BrN2O2. The van der Waals surface area contributed by atoms with Gasteiger partial charge >= 0.3 is 0 Å². The number of aromatic amines is 1. The third kappa shape index (κ3) is 2.49. The molecule has 0 atom stereocenters. The molecule has 5 heteroatoms. The Kier molecular flexibility index (Phi) is 3.35. The summed E-state index contributed by atoms with van der Waals surface area (Å²) in [7, 11) is 0. The smallest absolute Gasteiger partial charge is 0.257 e. The summed E-state index contributed by atoms with van der Waals surface area (Å²) in [5, 5.41) is 2.24. The van der Waals surface area contributed by atoms with Crippen LogP contribution in [-0.2, 0) is 0 Å². The maximum Gasteiger partial charge on any atom is 0.257 e. The van der Waals surface area contributed by atoms with Crippen LogP contribution in [0.5, 0.6) is 11.5 Å². The van der Waals surface area contributed by atoms with Crippen LogP contribution in [0, 0.1) is 0 Å². The van der Waals surface area contributed by atoms with E-state index in [2.05, 4.69) is 25.9 Å². The van der Waals surface area contributed by atoms with E-state index in [0.29, 0.717) is 16.8 Å². The first-order valence-electron chi connectivity index (χ1n) is 7.05. The third-order valence-corrected chi connectivity index (χ3v) is 4.16. The summed E-state index contributed by atoms with van der Waals surface area (Å²) in [5.41, 5.74) is 0.365. The zero-order valence-corrected chi connectivity index (χ0v) is 13.5. The minimum atomic E-state index is -0.151. The summed E-state index contributed by atoms with van der Waals surface area (Å²) in [4.78, 5) is 19.2. The second kappa shape index (κ2) is 5.52. The number of rotatable bonds is 2. The van der Waals surface area contributed by atoms with E-state index in [1.54, 1.807) is 18.3 Å². The van der Waals surface area contributed by atoms with Crippen LogP contribution in [0.2, 0.25) is 0 Å². The number of hydrogen-bond acceptors (Lipinski definition) is 3. The number of fused-ring (bicyclic) bond motifs is 3. The fraction of sp³-hybridized carbons (Fsp3) is 0. The van der Waals surface area contributed by atoms with E-state index in [1.165, 1.54) is 0 Å².